The number of H-pyrrole nitrogens is 1. The van der Waals surface area contributed by atoms with Crippen molar-refractivity contribution in [3.8, 4) is 11.1 Å². The molecular weight excluding hydrogens is 607 g/mol. The molecule has 1 saturated heterocycles. The van der Waals surface area contributed by atoms with Crippen molar-refractivity contribution in [3.05, 3.63) is 76.6 Å². The molecule has 2 aromatic carbocycles. The molecule has 1 aliphatic heterocycles. The van der Waals surface area contributed by atoms with Crippen LogP contribution in [0.15, 0.2) is 42.6 Å². The van der Waals surface area contributed by atoms with Crippen LogP contribution < -0.4 is 10.6 Å². The van der Waals surface area contributed by atoms with Gasteiger partial charge in [-0.3, -0.25) is 29.2 Å². The second-order valence-electron chi connectivity index (χ2n) is 10.7. The van der Waals surface area contributed by atoms with E-state index < -0.39 is 72.5 Å². The summed E-state index contributed by atoms with van der Waals surface area (Å²) in [7, 11) is 1.46. The molecule has 0 unspecified atom stereocenters. The number of fused-ring (bicyclic) bond motifs is 2. The van der Waals surface area contributed by atoms with E-state index in [1.807, 2.05) is 0 Å². The number of ketones is 1. The summed E-state index contributed by atoms with van der Waals surface area (Å²) in [5.74, 6) is -5.33. The van der Waals surface area contributed by atoms with E-state index in [2.05, 4.69) is 20.8 Å². The molecule has 0 bridgehead atoms. The molecule has 1 aromatic heterocycles. The number of urea groups is 1. The van der Waals surface area contributed by atoms with E-state index in [1.165, 1.54) is 25.4 Å². The first-order chi connectivity index (χ1) is 21.1. The van der Waals surface area contributed by atoms with Gasteiger partial charge in [0.1, 0.15) is 24.2 Å². The minimum absolute atomic E-state index is 0.0556. The Morgan fingerprint density at radius 1 is 1.09 bits per heavy atom. The predicted molar refractivity (Wildman–Crippen MR) is 145 cm³/mol. The molecule has 5 amide bonds. The first-order valence-corrected chi connectivity index (χ1v) is 13.5. The van der Waals surface area contributed by atoms with E-state index in [0.29, 0.717) is 34.7 Å². The van der Waals surface area contributed by atoms with Crippen LogP contribution in [0.25, 0.3) is 11.1 Å². The molecule has 1 spiro atoms. The van der Waals surface area contributed by atoms with Gasteiger partial charge in [0.2, 0.25) is 11.8 Å². The average molecular weight is 633 g/mol. The van der Waals surface area contributed by atoms with Crippen LogP contribution in [0.4, 0.5) is 26.7 Å². The highest BCUT2D eigenvalue weighted by Gasteiger charge is 2.58. The zero-order valence-electron chi connectivity index (χ0n) is 23.7. The Kier molecular flexibility index (Phi) is 7.93. The van der Waals surface area contributed by atoms with Gasteiger partial charge in [0.05, 0.1) is 12.1 Å². The number of aromatic amines is 1. The van der Waals surface area contributed by atoms with Crippen LogP contribution >= 0.6 is 0 Å². The molecule has 2 atom stereocenters. The van der Waals surface area contributed by atoms with Crippen LogP contribution in [0.3, 0.4) is 0 Å². The van der Waals surface area contributed by atoms with Crippen LogP contribution in [0.5, 0.6) is 0 Å². The molecule has 3 aromatic rings. The highest BCUT2D eigenvalue weighted by atomic mass is 19.4. The fourth-order valence-corrected chi connectivity index (χ4v) is 5.50. The number of halogens is 5. The average Bonchev–Trinajstić information content (AvgIpc) is 3.60. The second kappa shape index (κ2) is 11.4. The number of hydrogen-bond acceptors (Lipinski definition) is 6. The van der Waals surface area contributed by atoms with Crippen molar-refractivity contribution in [2.45, 2.75) is 44.1 Å². The van der Waals surface area contributed by atoms with Gasteiger partial charge in [-0.15, -0.1) is 0 Å². The van der Waals surface area contributed by atoms with E-state index in [-0.39, 0.29) is 33.9 Å². The monoisotopic (exact) mass is 632 g/mol. The Morgan fingerprint density at radius 2 is 1.78 bits per heavy atom. The number of Topliss-reactive ketones (excluding diaryl/α,β-unsaturated/α-hetero) is 1. The van der Waals surface area contributed by atoms with Gasteiger partial charge >= 0.3 is 12.2 Å². The van der Waals surface area contributed by atoms with Crippen molar-refractivity contribution in [1.29, 1.82) is 0 Å². The molecule has 45 heavy (non-hydrogen) atoms. The quantitative estimate of drug-likeness (QED) is 0.257. The predicted octanol–water partition coefficient (Wildman–Crippen LogP) is 2.96. The van der Waals surface area contributed by atoms with Crippen molar-refractivity contribution in [2.75, 3.05) is 13.6 Å². The summed E-state index contributed by atoms with van der Waals surface area (Å²) in [6.07, 6.45) is -4.00. The molecule has 0 radical (unpaired) electrons. The summed E-state index contributed by atoms with van der Waals surface area (Å²) in [5, 5.41) is 11.7. The third kappa shape index (κ3) is 5.74. The number of amides is 5. The minimum atomic E-state index is -4.95. The summed E-state index contributed by atoms with van der Waals surface area (Å²) < 4.78 is 68.6. The lowest BCUT2D eigenvalue weighted by molar-refractivity contribution is -0.187. The van der Waals surface area contributed by atoms with Gasteiger partial charge in [0.15, 0.2) is 11.3 Å². The first kappa shape index (κ1) is 31.3. The summed E-state index contributed by atoms with van der Waals surface area (Å²) in [5.41, 5.74) is -0.591. The van der Waals surface area contributed by atoms with Crippen molar-refractivity contribution >= 4 is 29.5 Å². The van der Waals surface area contributed by atoms with Crippen LogP contribution in [0.1, 0.15) is 40.5 Å². The Balaban J connectivity index is 1.42. The van der Waals surface area contributed by atoms with Crippen LogP contribution in [-0.4, -0.2) is 75.3 Å². The molecule has 236 valence electrons. The lowest BCUT2D eigenvalue weighted by atomic mass is 9.90. The third-order valence-corrected chi connectivity index (χ3v) is 7.85. The van der Waals surface area contributed by atoms with E-state index in [1.54, 1.807) is 6.07 Å². The van der Waals surface area contributed by atoms with Crippen molar-refractivity contribution in [3.63, 3.8) is 0 Å². The Labute approximate surface area is 251 Å². The fraction of sp³-hybridized carbons (Fsp3) is 0.310. The number of nitrogens with zero attached hydrogens (tertiary/aromatic N) is 3. The van der Waals surface area contributed by atoms with Crippen LogP contribution in [0.2, 0.25) is 0 Å². The van der Waals surface area contributed by atoms with E-state index in [0.717, 1.165) is 12.1 Å². The summed E-state index contributed by atoms with van der Waals surface area (Å²) in [4.78, 5) is 65.6. The third-order valence-electron chi connectivity index (χ3n) is 7.85. The fourth-order valence-electron chi connectivity index (χ4n) is 5.50. The van der Waals surface area contributed by atoms with Gasteiger partial charge in [0, 0.05) is 43.4 Å². The van der Waals surface area contributed by atoms with Crippen LogP contribution in [0, 0.1) is 11.6 Å². The number of benzene rings is 2. The van der Waals surface area contributed by atoms with Gasteiger partial charge in [0.25, 0.3) is 5.91 Å². The molecule has 16 heteroatoms. The summed E-state index contributed by atoms with van der Waals surface area (Å²) in [6, 6.07) is 2.93. The maximum absolute atomic E-state index is 13.7. The van der Waals surface area contributed by atoms with Crippen LogP contribution in [-0.2, 0) is 32.9 Å². The highest BCUT2D eigenvalue weighted by molar-refractivity contribution is 6.17. The first-order valence-electron chi connectivity index (χ1n) is 13.5. The van der Waals surface area contributed by atoms with Gasteiger partial charge in [-0.05, 0) is 41.8 Å². The van der Waals surface area contributed by atoms with Crippen molar-refractivity contribution in [2.24, 2.45) is 0 Å². The molecule has 0 saturated carbocycles. The number of aromatic nitrogens is 2. The summed E-state index contributed by atoms with van der Waals surface area (Å²) in [6.45, 7) is -1.35. The number of hydrogen-bond donors (Lipinski definition) is 3. The van der Waals surface area contributed by atoms with Crippen molar-refractivity contribution in [1.82, 2.24) is 30.6 Å². The van der Waals surface area contributed by atoms with E-state index >= 15 is 0 Å². The lowest BCUT2D eigenvalue weighted by Gasteiger charge is -2.32. The molecule has 1 fully saturated rings. The Bertz CT molecular complexity index is 1720. The van der Waals surface area contributed by atoms with Gasteiger partial charge in [-0.1, -0.05) is 12.1 Å². The zero-order valence-corrected chi connectivity index (χ0v) is 23.7. The molecule has 3 N–H and O–H groups in total. The SMILES string of the molecule is CNC(=O)Cc1n[nH]cc1-c1ccc2c(c1)C(=O)C[C@]21NC(=O)N(CC(=O)N(Cc2cc(F)cc(F)c2)[C@@H](C)C(F)(F)F)C1=O. The zero-order chi connectivity index (χ0) is 32.8. The molecular formula is C29H25F5N6O5. The number of imide groups is 1. The smallest absolute Gasteiger partial charge is 0.359 e. The van der Waals surface area contributed by atoms with E-state index in [9.17, 15) is 45.9 Å². The number of rotatable bonds is 8. The summed E-state index contributed by atoms with van der Waals surface area (Å²) >= 11 is 0. The Morgan fingerprint density at radius 3 is 2.42 bits per heavy atom. The van der Waals surface area contributed by atoms with Crippen molar-refractivity contribution < 1.29 is 45.9 Å². The standard InChI is InChI=1S/C29H25F5N6O5/c1-14(29(32,33)34)39(12-15-5-17(30)8-18(31)6-15)25(43)13-40-26(44)28(37-27(40)45)10-23(41)19-7-16(3-4-21(19)28)20-11-36-38-22(20)9-24(42)35-2/h3-8,11,14H,9-10,12-13H2,1-2H3,(H,35,42)(H,36,38)(H,37,45)/t14-,28-/m0/s1. The topological polar surface area (TPSA) is 145 Å². The second-order valence-corrected chi connectivity index (χ2v) is 10.7. The maximum atomic E-state index is 13.7. The van der Waals surface area contributed by atoms with Gasteiger partial charge in [-0.2, -0.15) is 18.3 Å². The number of carbonyl (C=O) groups excluding carboxylic acids is 5. The maximum Gasteiger partial charge on any atom is 0.408 e. The lowest BCUT2D eigenvalue weighted by Crippen LogP contribution is -2.51. The number of carbonyl (C=O) groups is 5. The number of likely N-dealkylation sites (N-methyl/N-ethyl adjacent to an activating group) is 1. The molecule has 5 rings (SSSR count). The molecule has 1 aliphatic carbocycles. The normalized spacial score (nSPS) is 18.3. The molecule has 11 nitrogen and oxygen atoms in total. The van der Waals surface area contributed by atoms with E-state index in [4.69, 9.17) is 0 Å². The van der Waals surface area contributed by atoms with Gasteiger partial charge in [-0.25, -0.2) is 13.6 Å². The largest absolute Gasteiger partial charge is 0.408 e. The molecule has 2 aliphatic rings. The molecule has 2 heterocycles. The number of nitrogens with one attached hydrogen (secondary N) is 3. The van der Waals surface area contributed by atoms with Gasteiger partial charge < -0.3 is 15.5 Å². The Hall–Kier alpha value is -5.15. The minimum Gasteiger partial charge on any atom is -0.359 e. The number of alkyl halides is 3. The highest BCUT2D eigenvalue weighted by Crippen LogP contribution is 2.43.